The first-order chi connectivity index (χ1) is 19.9. The number of carbonyl (C=O) groups is 1. The molecule has 0 spiro atoms. The normalized spacial score (nSPS) is 24.7. The van der Waals surface area contributed by atoms with Crippen LogP contribution in [0.3, 0.4) is 0 Å². The lowest BCUT2D eigenvalue weighted by Gasteiger charge is -2.42. The number of benzene rings is 3. The molecular formula is C33H41N3O5. The monoisotopic (exact) mass is 559 g/mol. The molecule has 0 bridgehead atoms. The average Bonchev–Trinajstić information content (AvgIpc) is 3.42. The van der Waals surface area contributed by atoms with E-state index in [4.69, 9.17) is 9.47 Å². The number of aliphatic hydroxyl groups is 2. The number of nitrogens with one attached hydrogen (secondary N) is 2. The van der Waals surface area contributed by atoms with E-state index in [1.165, 1.54) is 0 Å². The van der Waals surface area contributed by atoms with Crippen molar-refractivity contribution in [1.29, 1.82) is 0 Å². The number of nitrogens with zero attached hydrogens (tertiary/aromatic N) is 1. The Labute approximate surface area is 242 Å². The van der Waals surface area contributed by atoms with Gasteiger partial charge in [-0.25, -0.2) is 4.79 Å². The van der Waals surface area contributed by atoms with Gasteiger partial charge in [-0.1, -0.05) is 67.6 Å². The first-order valence-corrected chi connectivity index (χ1v) is 14.6. The quantitative estimate of drug-likeness (QED) is 0.307. The highest BCUT2D eigenvalue weighted by atomic mass is 16.7. The predicted octanol–water partition coefficient (Wildman–Crippen LogP) is 4.52. The van der Waals surface area contributed by atoms with Crippen LogP contribution in [0.4, 0.5) is 4.79 Å². The summed E-state index contributed by atoms with van der Waals surface area (Å²) >= 11 is 0. The minimum absolute atomic E-state index is 0.00297. The summed E-state index contributed by atoms with van der Waals surface area (Å²) in [5, 5.41) is 25.3. The van der Waals surface area contributed by atoms with Crippen LogP contribution in [0.25, 0.3) is 11.1 Å². The lowest BCUT2D eigenvalue weighted by Crippen LogP contribution is -2.44. The van der Waals surface area contributed by atoms with E-state index in [9.17, 15) is 15.0 Å². The summed E-state index contributed by atoms with van der Waals surface area (Å²) in [4.78, 5) is 14.1. The Morgan fingerprint density at radius 3 is 2.41 bits per heavy atom. The SMILES string of the molecule is CCNC(=O)NCc1cccc(-c2cccc(C3OC(CN4CCC(O)C4)C(C)C(c4ccc(CO)cc4)O3)c2)c1. The van der Waals surface area contributed by atoms with Gasteiger partial charge in [0, 0.05) is 44.2 Å². The van der Waals surface area contributed by atoms with E-state index in [1.807, 2.05) is 55.5 Å². The summed E-state index contributed by atoms with van der Waals surface area (Å²) in [6, 6.07) is 24.1. The molecule has 5 unspecified atom stereocenters. The Kier molecular flexibility index (Phi) is 9.69. The van der Waals surface area contributed by atoms with Gasteiger partial charge < -0.3 is 30.3 Å². The number of carbonyl (C=O) groups excluding carboxylic acids is 1. The summed E-state index contributed by atoms with van der Waals surface area (Å²) in [5.74, 6) is 0.0845. The number of urea groups is 1. The van der Waals surface area contributed by atoms with E-state index in [-0.39, 0.29) is 36.9 Å². The van der Waals surface area contributed by atoms with Crippen LogP contribution in [0.5, 0.6) is 0 Å². The van der Waals surface area contributed by atoms with Crippen LogP contribution in [0.1, 0.15) is 54.9 Å². The van der Waals surface area contributed by atoms with Crippen molar-refractivity contribution in [3.8, 4) is 11.1 Å². The Balaban J connectivity index is 1.38. The second-order valence-corrected chi connectivity index (χ2v) is 11.1. The van der Waals surface area contributed by atoms with E-state index in [2.05, 4.69) is 46.7 Å². The lowest BCUT2D eigenvalue weighted by molar-refractivity contribution is -0.276. The van der Waals surface area contributed by atoms with Crippen molar-refractivity contribution in [2.45, 2.75) is 58.0 Å². The first-order valence-electron chi connectivity index (χ1n) is 14.6. The smallest absolute Gasteiger partial charge is 0.315 e. The van der Waals surface area contributed by atoms with Gasteiger partial charge in [0.15, 0.2) is 6.29 Å². The summed E-state index contributed by atoms with van der Waals surface area (Å²) in [6.07, 6.45) is -0.340. The van der Waals surface area contributed by atoms with Gasteiger partial charge in [0.1, 0.15) is 0 Å². The van der Waals surface area contributed by atoms with Crippen molar-refractivity contribution in [1.82, 2.24) is 15.5 Å². The van der Waals surface area contributed by atoms with Gasteiger partial charge in [-0.15, -0.1) is 0 Å². The maximum atomic E-state index is 11.8. The van der Waals surface area contributed by atoms with Crippen molar-refractivity contribution < 1.29 is 24.5 Å². The summed E-state index contributed by atoms with van der Waals surface area (Å²) in [5.41, 5.74) is 5.95. The van der Waals surface area contributed by atoms with Crippen molar-refractivity contribution in [3.63, 3.8) is 0 Å². The van der Waals surface area contributed by atoms with Crippen molar-refractivity contribution in [2.75, 3.05) is 26.2 Å². The van der Waals surface area contributed by atoms with E-state index in [0.717, 1.165) is 52.9 Å². The number of β-amino-alcohol motifs (C(OH)–C–C–N with tert-alkyl or cyclic N) is 1. The molecule has 2 heterocycles. The maximum absolute atomic E-state index is 11.8. The van der Waals surface area contributed by atoms with Gasteiger partial charge in [-0.3, -0.25) is 4.90 Å². The molecule has 3 aromatic rings. The van der Waals surface area contributed by atoms with E-state index in [1.54, 1.807) is 0 Å². The van der Waals surface area contributed by atoms with Crippen LogP contribution in [0.2, 0.25) is 0 Å². The molecule has 4 N–H and O–H groups in total. The molecule has 3 aromatic carbocycles. The number of hydrogen-bond acceptors (Lipinski definition) is 6. The molecule has 0 saturated carbocycles. The average molecular weight is 560 g/mol. The molecule has 2 amide bonds. The molecule has 2 saturated heterocycles. The molecular weight excluding hydrogens is 518 g/mol. The molecule has 5 rings (SSSR count). The summed E-state index contributed by atoms with van der Waals surface area (Å²) in [6.45, 7) is 7.32. The molecule has 8 nitrogen and oxygen atoms in total. The van der Waals surface area contributed by atoms with Gasteiger partial charge >= 0.3 is 6.03 Å². The fourth-order valence-corrected chi connectivity index (χ4v) is 5.69. The second kappa shape index (κ2) is 13.6. The van der Waals surface area contributed by atoms with Gasteiger partial charge in [0.2, 0.25) is 0 Å². The molecule has 2 aliphatic heterocycles. The van der Waals surface area contributed by atoms with Crippen LogP contribution >= 0.6 is 0 Å². The molecule has 2 aliphatic rings. The van der Waals surface area contributed by atoms with Crippen molar-refractivity contribution in [2.24, 2.45) is 5.92 Å². The van der Waals surface area contributed by atoms with Crippen molar-refractivity contribution in [3.05, 3.63) is 95.1 Å². The van der Waals surface area contributed by atoms with Crippen LogP contribution < -0.4 is 10.6 Å². The van der Waals surface area contributed by atoms with Crippen LogP contribution in [-0.4, -0.2) is 59.5 Å². The number of likely N-dealkylation sites (tertiary alicyclic amines) is 1. The van der Waals surface area contributed by atoms with E-state index < -0.39 is 6.29 Å². The Morgan fingerprint density at radius 1 is 0.951 bits per heavy atom. The Bertz CT molecular complexity index is 1300. The summed E-state index contributed by atoms with van der Waals surface area (Å²) < 4.78 is 13.3. The molecule has 0 aromatic heterocycles. The van der Waals surface area contributed by atoms with Crippen LogP contribution in [-0.2, 0) is 22.6 Å². The van der Waals surface area contributed by atoms with E-state index >= 15 is 0 Å². The van der Waals surface area contributed by atoms with E-state index in [0.29, 0.717) is 19.6 Å². The van der Waals surface area contributed by atoms with Crippen molar-refractivity contribution >= 4 is 6.03 Å². The number of ether oxygens (including phenoxy) is 2. The highest BCUT2D eigenvalue weighted by molar-refractivity contribution is 5.74. The number of hydrogen-bond donors (Lipinski definition) is 4. The maximum Gasteiger partial charge on any atom is 0.315 e. The Morgan fingerprint density at radius 2 is 1.71 bits per heavy atom. The minimum atomic E-state index is -0.561. The molecule has 8 heteroatoms. The first kappa shape index (κ1) is 29.2. The zero-order chi connectivity index (χ0) is 28.8. The predicted molar refractivity (Wildman–Crippen MR) is 158 cm³/mol. The van der Waals surface area contributed by atoms with Crippen LogP contribution in [0.15, 0.2) is 72.8 Å². The number of amides is 2. The summed E-state index contributed by atoms with van der Waals surface area (Å²) in [7, 11) is 0. The van der Waals surface area contributed by atoms with Gasteiger partial charge in [0.25, 0.3) is 0 Å². The standard InChI is InChI=1S/C33H41N3O5/c1-3-34-33(39)35-18-24-6-4-7-26(16-24)27-8-5-9-28(17-27)32-40-30(20-36-15-14-29(38)19-36)22(2)31(41-32)25-12-10-23(21-37)11-13-25/h4-13,16-17,22,29-32,37-38H,3,14-15,18-21H2,1-2H3,(H2,34,35,39). The fraction of sp³-hybridized carbons (Fsp3) is 0.424. The van der Waals surface area contributed by atoms with Crippen LogP contribution in [0, 0.1) is 5.92 Å². The Hall–Kier alpha value is -3.27. The third-order valence-corrected chi connectivity index (χ3v) is 8.02. The molecule has 218 valence electrons. The number of rotatable bonds is 9. The van der Waals surface area contributed by atoms with Gasteiger partial charge in [-0.05, 0) is 53.3 Å². The third kappa shape index (κ3) is 7.33. The molecule has 5 atom stereocenters. The zero-order valence-corrected chi connectivity index (χ0v) is 23.8. The minimum Gasteiger partial charge on any atom is -0.392 e. The molecule has 2 fully saturated rings. The topological polar surface area (TPSA) is 103 Å². The molecule has 0 aliphatic carbocycles. The lowest BCUT2D eigenvalue weighted by atomic mass is 9.90. The van der Waals surface area contributed by atoms with Gasteiger partial charge in [0.05, 0.1) is 24.9 Å². The highest BCUT2D eigenvalue weighted by Crippen LogP contribution is 2.42. The second-order valence-electron chi connectivity index (χ2n) is 11.1. The zero-order valence-electron chi connectivity index (χ0n) is 23.8. The molecule has 41 heavy (non-hydrogen) atoms. The molecule has 0 radical (unpaired) electrons. The largest absolute Gasteiger partial charge is 0.392 e. The fourth-order valence-electron chi connectivity index (χ4n) is 5.69. The highest BCUT2D eigenvalue weighted by Gasteiger charge is 2.40. The number of aliphatic hydroxyl groups excluding tert-OH is 2. The third-order valence-electron chi connectivity index (χ3n) is 8.02. The van der Waals surface area contributed by atoms with Gasteiger partial charge in [-0.2, -0.15) is 0 Å².